The van der Waals surface area contributed by atoms with Crippen molar-refractivity contribution in [3.63, 3.8) is 0 Å². The molecule has 0 aromatic heterocycles. The van der Waals surface area contributed by atoms with Crippen molar-refractivity contribution in [3.05, 3.63) is 28.2 Å². The van der Waals surface area contributed by atoms with E-state index in [2.05, 4.69) is 22.9 Å². The summed E-state index contributed by atoms with van der Waals surface area (Å²) in [6.45, 7) is 2.14. The molecule has 1 aromatic carbocycles. The van der Waals surface area contributed by atoms with Crippen molar-refractivity contribution in [2.45, 2.75) is 50.3 Å². The van der Waals surface area contributed by atoms with E-state index in [-0.39, 0.29) is 16.2 Å². The molecule has 4 nitrogen and oxygen atoms in total. The van der Waals surface area contributed by atoms with Crippen LogP contribution >= 0.6 is 15.9 Å². The highest BCUT2D eigenvalue weighted by Gasteiger charge is 2.19. The first kappa shape index (κ1) is 18.2. The van der Waals surface area contributed by atoms with Crippen LogP contribution in [0.4, 0.5) is 0 Å². The van der Waals surface area contributed by atoms with E-state index in [1.807, 2.05) is 0 Å². The highest BCUT2D eigenvalue weighted by Crippen LogP contribution is 2.25. The number of hydrogen-bond acceptors (Lipinski definition) is 3. The molecule has 0 spiro atoms. The van der Waals surface area contributed by atoms with Gasteiger partial charge < -0.3 is 5.11 Å². The smallest absolute Gasteiger partial charge is 0.335 e. The SMILES string of the molecule is CCCCCCCCS(=O)(=O)c1cc(C(=O)O)ccc1Br. The van der Waals surface area contributed by atoms with Gasteiger partial charge in [0.05, 0.1) is 16.2 Å². The Morgan fingerprint density at radius 2 is 1.76 bits per heavy atom. The first-order valence-electron chi connectivity index (χ1n) is 7.14. The Balaban J connectivity index is 2.70. The summed E-state index contributed by atoms with van der Waals surface area (Å²) < 4.78 is 25.0. The molecule has 0 unspecified atom stereocenters. The summed E-state index contributed by atoms with van der Waals surface area (Å²) in [6, 6.07) is 4.08. The van der Waals surface area contributed by atoms with Crippen LogP contribution in [0.15, 0.2) is 27.6 Å². The number of aromatic carboxylic acids is 1. The Kier molecular flexibility index (Phi) is 7.39. The summed E-state index contributed by atoms with van der Waals surface area (Å²) in [5.74, 6) is -1.07. The standard InChI is InChI=1S/C15H21BrO4S/c1-2-3-4-5-6-7-10-21(19,20)14-11-12(15(17)18)8-9-13(14)16/h8-9,11H,2-7,10H2,1H3,(H,17,18). The van der Waals surface area contributed by atoms with E-state index >= 15 is 0 Å². The fourth-order valence-corrected chi connectivity index (χ4v) is 4.52. The average Bonchev–Trinajstić information content (AvgIpc) is 2.42. The molecule has 0 fully saturated rings. The molecule has 118 valence electrons. The summed E-state index contributed by atoms with van der Waals surface area (Å²) in [5, 5.41) is 8.95. The van der Waals surface area contributed by atoms with Crippen LogP contribution in [0.25, 0.3) is 0 Å². The quantitative estimate of drug-likeness (QED) is 0.652. The minimum atomic E-state index is -3.45. The lowest BCUT2D eigenvalue weighted by atomic mass is 10.1. The number of rotatable bonds is 9. The Morgan fingerprint density at radius 1 is 1.14 bits per heavy atom. The van der Waals surface area contributed by atoms with Gasteiger partial charge >= 0.3 is 5.97 Å². The van der Waals surface area contributed by atoms with Crippen molar-refractivity contribution in [2.75, 3.05) is 5.75 Å². The predicted octanol–water partition coefficient (Wildman–Crippen LogP) is 4.28. The van der Waals surface area contributed by atoms with Gasteiger partial charge in [0.2, 0.25) is 0 Å². The van der Waals surface area contributed by atoms with E-state index in [0.29, 0.717) is 10.9 Å². The van der Waals surface area contributed by atoms with Crippen LogP contribution in [0.1, 0.15) is 55.8 Å². The van der Waals surface area contributed by atoms with Gasteiger partial charge in [-0.15, -0.1) is 0 Å². The topological polar surface area (TPSA) is 71.4 Å². The molecule has 1 N–H and O–H groups in total. The van der Waals surface area contributed by atoms with Crippen LogP contribution in [0.2, 0.25) is 0 Å². The molecule has 21 heavy (non-hydrogen) atoms. The van der Waals surface area contributed by atoms with Gasteiger partial charge in [-0.1, -0.05) is 39.0 Å². The Bertz CT molecular complexity index is 581. The van der Waals surface area contributed by atoms with Gasteiger partial charge in [-0.05, 0) is 40.5 Å². The zero-order chi connectivity index (χ0) is 15.9. The van der Waals surface area contributed by atoms with Crippen molar-refractivity contribution in [2.24, 2.45) is 0 Å². The summed E-state index contributed by atoms with van der Waals surface area (Å²) in [6.07, 6.45) is 6.01. The fraction of sp³-hybridized carbons (Fsp3) is 0.533. The zero-order valence-corrected chi connectivity index (χ0v) is 14.5. The maximum absolute atomic E-state index is 12.3. The van der Waals surface area contributed by atoms with Gasteiger partial charge in [-0.3, -0.25) is 0 Å². The molecule has 0 saturated heterocycles. The maximum atomic E-state index is 12.3. The second-order valence-corrected chi connectivity index (χ2v) is 7.97. The summed E-state index contributed by atoms with van der Waals surface area (Å²) in [4.78, 5) is 11.0. The van der Waals surface area contributed by atoms with E-state index in [1.54, 1.807) is 0 Å². The number of benzene rings is 1. The molecule has 1 aromatic rings. The lowest BCUT2D eigenvalue weighted by Crippen LogP contribution is -2.09. The molecule has 0 bridgehead atoms. The molecule has 0 aliphatic carbocycles. The minimum Gasteiger partial charge on any atom is -0.478 e. The van der Waals surface area contributed by atoms with Crippen molar-refractivity contribution in [1.29, 1.82) is 0 Å². The van der Waals surface area contributed by atoms with Gasteiger partial charge in [0.15, 0.2) is 9.84 Å². The van der Waals surface area contributed by atoms with Crippen LogP contribution in [-0.4, -0.2) is 25.2 Å². The zero-order valence-electron chi connectivity index (χ0n) is 12.1. The van der Waals surface area contributed by atoms with Crippen LogP contribution < -0.4 is 0 Å². The summed E-state index contributed by atoms with van der Waals surface area (Å²) in [5.41, 5.74) is -0.0141. The molecule has 0 saturated carbocycles. The molecule has 0 radical (unpaired) electrons. The summed E-state index contributed by atoms with van der Waals surface area (Å²) >= 11 is 3.19. The third kappa shape index (κ3) is 5.79. The number of sulfone groups is 1. The summed E-state index contributed by atoms with van der Waals surface area (Å²) in [7, 11) is -3.45. The Labute approximate surface area is 134 Å². The monoisotopic (exact) mass is 376 g/mol. The van der Waals surface area contributed by atoms with Crippen molar-refractivity contribution in [3.8, 4) is 0 Å². The normalized spacial score (nSPS) is 11.5. The van der Waals surface area contributed by atoms with E-state index in [9.17, 15) is 13.2 Å². The fourth-order valence-electron chi connectivity index (χ4n) is 2.06. The largest absolute Gasteiger partial charge is 0.478 e. The van der Waals surface area contributed by atoms with Crippen molar-refractivity contribution < 1.29 is 18.3 Å². The molecule has 0 amide bonds. The van der Waals surface area contributed by atoms with Crippen molar-refractivity contribution in [1.82, 2.24) is 0 Å². The lowest BCUT2D eigenvalue weighted by Gasteiger charge is -2.08. The minimum absolute atomic E-state index is 0.0141. The van der Waals surface area contributed by atoms with Gasteiger partial charge in [0, 0.05) is 4.47 Å². The molecular weight excluding hydrogens is 356 g/mol. The number of unbranched alkanes of at least 4 members (excludes halogenated alkanes) is 5. The van der Waals surface area contributed by atoms with E-state index in [1.165, 1.54) is 24.6 Å². The molecule has 1 rings (SSSR count). The molecule has 6 heteroatoms. The maximum Gasteiger partial charge on any atom is 0.335 e. The third-order valence-electron chi connectivity index (χ3n) is 3.28. The number of carboxylic acids is 1. The number of carbonyl (C=O) groups is 1. The van der Waals surface area contributed by atoms with Gasteiger partial charge in [0.25, 0.3) is 0 Å². The van der Waals surface area contributed by atoms with E-state index in [4.69, 9.17) is 5.11 Å². The first-order chi connectivity index (χ1) is 9.88. The molecular formula is C15H21BrO4S. The highest BCUT2D eigenvalue weighted by molar-refractivity contribution is 9.10. The van der Waals surface area contributed by atoms with Crippen LogP contribution in [0.3, 0.4) is 0 Å². The van der Waals surface area contributed by atoms with Gasteiger partial charge in [-0.2, -0.15) is 0 Å². The molecule has 0 aliphatic rings. The van der Waals surface area contributed by atoms with Gasteiger partial charge in [0.1, 0.15) is 0 Å². The molecule has 0 aliphatic heterocycles. The third-order valence-corrected chi connectivity index (χ3v) is 6.07. The van der Waals surface area contributed by atoms with Crippen LogP contribution in [0, 0.1) is 0 Å². The second-order valence-electron chi connectivity index (χ2n) is 5.04. The number of hydrogen-bond donors (Lipinski definition) is 1. The van der Waals surface area contributed by atoms with E-state index < -0.39 is 15.8 Å². The van der Waals surface area contributed by atoms with Crippen molar-refractivity contribution >= 4 is 31.7 Å². The van der Waals surface area contributed by atoms with Gasteiger partial charge in [-0.25, -0.2) is 13.2 Å². The lowest BCUT2D eigenvalue weighted by molar-refractivity contribution is 0.0696. The van der Waals surface area contributed by atoms with Crippen LogP contribution in [-0.2, 0) is 9.84 Å². The Hall–Kier alpha value is -0.880. The van der Waals surface area contributed by atoms with Crippen LogP contribution in [0.5, 0.6) is 0 Å². The van der Waals surface area contributed by atoms with E-state index in [0.717, 1.165) is 25.7 Å². The first-order valence-corrected chi connectivity index (χ1v) is 9.58. The number of carboxylic acid groups (broad SMARTS) is 1. The molecule has 0 heterocycles. The molecule has 0 atom stereocenters. The Morgan fingerprint density at radius 3 is 2.38 bits per heavy atom. The highest BCUT2D eigenvalue weighted by atomic mass is 79.9. The number of halogens is 1. The average molecular weight is 377 g/mol. The second kappa shape index (κ2) is 8.54. The predicted molar refractivity (Wildman–Crippen MR) is 86.5 cm³/mol.